The van der Waals surface area contributed by atoms with E-state index >= 15 is 0 Å². The number of methoxy groups -OCH3 is 1. The minimum Gasteiger partial charge on any atom is -0.493 e. The Balaban J connectivity index is 1.81. The van der Waals surface area contributed by atoms with Gasteiger partial charge in [0, 0.05) is 18.5 Å². The molecule has 2 aromatic rings. The number of hydrogen-bond donors (Lipinski definition) is 1. The first-order valence-electron chi connectivity index (χ1n) is 9.53. The van der Waals surface area contributed by atoms with Gasteiger partial charge in [-0.1, -0.05) is 37.6 Å². The van der Waals surface area contributed by atoms with Gasteiger partial charge in [-0.15, -0.1) is 0 Å². The molecule has 0 aliphatic carbocycles. The Morgan fingerprint density at radius 3 is 2.68 bits per heavy atom. The molecular weight excluding hydrogens is 356 g/mol. The molecule has 0 bridgehead atoms. The Morgan fingerprint density at radius 2 is 2.00 bits per heavy atom. The van der Waals surface area contributed by atoms with Crippen molar-refractivity contribution in [3.63, 3.8) is 0 Å². The van der Waals surface area contributed by atoms with Crippen LogP contribution in [0.5, 0.6) is 11.5 Å². The molecule has 1 aliphatic heterocycles. The number of primary amides is 1. The van der Waals surface area contributed by atoms with E-state index in [-0.39, 0.29) is 5.91 Å². The van der Waals surface area contributed by atoms with Gasteiger partial charge in [-0.3, -0.25) is 9.59 Å². The number of nitrogens with two attached hydrogens (primary N) is 1. The zero-order valence-corrected chi connectivity index (χ0v) is 16.3. The summed E-state index contributed by atoms with van der Waals surface area (Å²) in [4.78, 5) is 26.5. The number of benzene rings is 2. The quantitative estimate of drug-likeness (QED) is 0.676. The Bertz CT molecular complexity index is 865. The summed E-state index contributed by atoms with van der Waals surface area (Å²) >= 11 is 0. The lowest BCUT2D eigenvalue weighted by Crippen LogP contribution is -2.46. The molecule has 0 fully saturated rings. The van der Waals surface area contributed by atoms with Crippen LogP contribution in [-0.4, -0.2) is 36.5 Å². The summed E-state index contributed by atoms with van der Waals surface area (Å²) in [7, 11) is 1.59. The summed E-state index contributed by atoms with van der Waals surface area (Å²) in [5.41, 5.74) is 8.07. The molecule has 2 N–H and O–H groups in total. The van der Waals surface area contributed by atoms with Crippen molar-refractivity contribution in [3.05, 3.63) is 59.2 Å². The summed E-state index contributed by atoms with van der Waals surface area (Å²) in [6.45, 7) is 3.08. The van der Waals surface area contributed by atoms with Crippen LogP contribution in [-0.2, 0) is 17.8 Å². The maximum absolute atomic E-state index is 12.7. The lowest BCUT2D eigenvalue weighted by Gasteiger charge is -2.25. The van der Waals surface area contributed by atoms with Crippen molar-refractivity contribution in [3.8, 4) is 11.5 Å². The predicted octanol–water partition coefficient (Wildman–Crippen LogP) is 2.93. The van der Waals surface area contributed by atoms with Crippen LogP contribution in [0, 0.1) is 0 Å². The van der Waals surface area contributed by atoms with Crippen molar-refractivity contribution in [1.29, 1.82) is 0 Å². The second-order valence-electron chi connectivity index (χ2n) is 6.90. The number of carbonyl (C=O) groups excluding carboxylic acids is 2. The van der Waals surface area contributed by atoms with E-state index in [1.807, 2.05) is 36.4 Å². The van der Waals surface area contributed by atoms with Crippen molar-refractivity contribution in [2.75, 3.05) is 13.7 Å². The first kappa shape index (κ1) is 19.7. The van der Waals surface area contributed by atoms with E-state index in [2.05, 4.69) is 6.92 Å². The second-order valence-corrected chi connectivity index (χ2v) is 6.90. The Morgan fingerprint density at radius 1 is 1.21 bits per heavy atom. The molecular formula is C22H26N2O4. The van der Waals surface area contributed by atoms with Gasteiger partial charge in [0.15, 0.2) is 11.5 Å². The van der Waals surface area contributed by atoms with Crippen LogP contribution < -0.4 is 15.2 Å². The monoisotopic (exact) mass is 382 g/mol. The van der Waals surface area contributed by atoms with E-state index < -0.39 is 11.9 Å². The summed E-state index contributed by atoms with van der Waals surface area (Å²) in [5, 5.41) is 0. The highest BCUT2D eigenvalue weighted by molar-refractivity contribution is 6.01. The van der Waals surface area contributed by atoms with Gasteiger partial charge in [0.25, 0.3) is 5.91 Å². The Labute approximate surface area is 165 Å². The van der Waals surface area contributed by atoms with Gasteiger partial charge in [-0.25, -0.2) is 0 Å². The van der Waals surface area contributed by atoms with Crippen LogP contribution >= 0.6 is 0 Å². The van der Waals surface area contributed by atoms with Gasteiger partial charge in [0.1, 0.15) is 6.04 Å². The number of rotatable bonds is 9. The SMILES string of the molecule is CCCCOc1cc(CC(C(N)=O)N2Cc3ccccc3C2=O)ccc1OC. The molecule has 0 saturated carbocycles. The highest BCUT2D eigenvalue weighted by Crippen LogP contribution is 2.30. The molecule has 6 nitrogen and oxygen atoms in total. The average molecular weight is 382 g/mol. The van der Waals surface area contributed by atoms with Crippen molar-refractivity contribution < 1.29 is 19.1 Å². The van der Waals surface area contributed by atoms with Crippen LogP contribution in [0.1, 0.15) is 41.3 Å². The van der Waals surface area contributed by atoms with E-state index in [0.29, 0.717) is 36.6 Å². The highest BCUT2D eigenvalue weighted by Gasteiger charge is 2.35. The van der Waals surface area contributed by atoms with Crippen molar-refractivity contribution in [2.24, 2.45) is 5.73 Å². The minimum atomic E-state index is -0.725. The van der Waals surface area contributed by atoms with Gasteiger partial charge < -0.3 is 20.1 Å². The van der Waals surface area contributed by atoms with Gasteiger partial charge >= 0.3 is 0 Å². The largest absolute Gasteiger partial charge is 0.493 e. The molecule has 1 heterocycles. The Kier molecular flexibility index (Phi) is 6.19. The number of hydrogen-bond acceptors (Lipinski definition) is 4. The van der Waals surface area contributed by atoms with E-state index in [1.54, 1.807) is 18.1 Å². The highest BCUT2D eigenvalue weighted by atomic mass is 16.5. The van der Waals surface area contributed by atoms with Gasteiger partial charge in [0.2, 0.25) is 5.91 Å². The van der Waals surface area contributed by atoms with Crippen molar-refractivity contribution in [2.45, 2.75) is 38.8 Å². The first-order valence-corrected chi connectivity index (χ1v) is 9.53. The molecule has 148 valence electrons. The smallest absolute Gasteiger partial charge is 0.255 e. The van der Waals surface area contributed by atoms with Crippen molar-refractivity contribution in [1.82, 2.24) is 4.90 Å². The number of ether oxygens (including phenoxy) is 2. The van der Waals surface area contributed by atoms with Crippen LogP contribution in [0.2, 0.25) is 0 Å². The molecule has 1 unspecified atom stereocenters. The van der Waals surface area contributed by atoms with E-state index in [0.717, 1.165) is 24.0 Å². The lowest BCUT2D eigenvalue weighted by molar-refractivity contribution is -0.122. The van der Waals surface area contributed by atoms with Gasteiger partial charge in [-0.05, 0) is 35.7 Å². The zero-order chi connectivity index (χ0) is 20.1. The molecule has 1 atom stereocenters. The third-order valence-corrected chi connectivity index (χ3v) is 4.97. The van der Waals surface area contributed by atoms with Gasteiger partial charge in [0.05, 0.1) is 13.7 Å². The van der Waals surface area contributed by atoms with Crippen molar-refractivity contribution >= 4 is 11.8 Å². The molecule has 0 spiro atoms. The van der Waals surface area contributed by atoms with E-state index in [4.69, 9.17) is 15.2 Å². The standard InChI is InChI=1S/C22H26N2O4/c1-3-4-11-28-20-13-15(9-10-19(20)27-2)12-18(21(23)25)24-14-16-7-5-6-8-17(16)22(24)26/h5-10,13,18H,3-4,11-12,14H2,1-2H3,(H2,23,25). The summed E-state index contributed by atoms with van der Waals surface area (Å²) in [5.74, 6) is 0.589. The Hall–Kier alpha value is -3.02. The molecule has 3 rings (SSSR count). The first-order chi connectivity index (χ1) is 13.5. The fourth-order valence-electron chi connectivity index (χ4n) is 3.40. The van der Waals surface area contributed by atoms with E-state index in [9.17, 15) is 9.59 Å². The van der Waals surface area contributed by atoms with Crippen LogP contribution in [0.3, 0.4) is 0 Å². The summed E-state index contributed by atoms with van der Waals surface area (Å²) in [6, 6.07) is 12.2. The topological polar surface area (TPSA) is 81.9 Å². The molecule has 2 aromatic carbocycles. The minimum absolute atomic E-state index is 0.160. The number of amides is 2. The zero-order valence-electron chi connectivity index (χ0n) is 16.3. The van der Waals surface area contributed by atoms with Crippen LogP contribution in [0.25, 0.3) is 0 Å². The van der Waals surface area contributed by atoms with Crippen LogP contribution in [0.4, 0.5) is 0 Å². The number of unbranched alkanes of at least 4 members (excludes halogenated alkanes) is 1. The number of fused-ring (bicyclic) bond motifs is 1. The predicted molar refractivity (Wildman–Crippen MR) is 106 cm³/mol. The second kappa shape index (κ2) is 8.78. The molecule has 0 radical (unpaired) electrons. The fourth-order valence-corrected chi connectivity index (χ4v) is 3.40. The third kappa shape index (κ3) is 4.11. The maximum atomic E-state index is 12.7. The van der Waals surface area contributed by atoms with E-state index in [1.165, 1.54) is 0 Å². The number of carbonyl (C=O) groups is 2. The average Bonchev–Trinajstić information content (AvgIpc) is 3.03. The van der Waals surface area contributed by atoms with Crippen LogP contribution in [0.15, 0.2) is 42.5 Å². The third-order valence-electron chi connectivity index (χ3n) is 4.97. The molecule has 0 saturated heterocycles. The molecule has 0 aromatic heterocycles. The molecule has 28 heavy (non-hydrogen) atoms. The lowest BCUT2D eigenvalue weighted by atomic mass is 10.0. The molecule has 1 aliphatic rings. The number of nitrogens with zero attached hydrogens (tertiary/aromatic N) is 1. The summed E-state index contributed by atoms with van der Waals surface area (Å²) in [6.07, 6.45) is 2.30. The maximum Gasteiger partial charge on any atom is 0.255 e. The summed E-state index contributed by atoms with van der Waals surface area (Å²) < 4.78 is 11.2. The molecule has 2 amide bonds. The normalized spacial score (nSPS) is 13.9. The fraction of sp³-hybridized carbons (Fsp3) is 0.364. The molecule has 6 heteroatoms. The van der Waals surface area contributed by atoms with Gasteiger partial charge in [-0.2, -0.15) is 0 Å².